The van der Waals surface area contributed by atoms with Gasteiger partial charge >= 0.3 is 0 Å². The number of furan rings is 1. The molecular weight excluding hydrogens is 442 g/mol. The minimum Gasteiger partial charge on any atom is -0.497 e. The second kappa shape index (κ2) is 7.28. The van der Waals surface area contributed by atoms with Crippen molar-refractivity contribution in [3.8, 4) is 11.4 Å². The number of aryl methyl sites for hydroxylation is 1. The highest BCUT2D eigenvalue weighted by atomic mass is 35.5. The molecule has 170 valence electrons. The molecule has 0 N–H and O–H groups in total. The largest absolute Gasteiger partial charge is 0.497 e. The van der Waals surface area contributed by atoms with E-state index in [4.69, 9.17) is 20.8 Å². The summed E-state index contributed by atoms with van der Waals surface area (Å²) < 4.78 is 14.3. The first-order chi connectivity index (χ1) is 16.3. The molecule has 2 heterocycles. The van der Waals surface area contributed by atoms with Crippen molar-refractivity contribution in [3.63, 3.8) is 0 Å². The molecule has 0 saturated carbocycles. The number of fused-ring (bicyclic) bond motifs is 7. The zero-order valence-corrected chi connectivity index (χ0v) is 20.7. The van der Waals surface area contributed by atoms with Crippen molar-refractivity contribution in [3.05, 3.63) is 82.9 Å². The van der Waals surface area contributed by atoms with E-state index in [0.717, 1.165) is 60.7 Å². The van der Waals surface area contributed by atoms with Gasteiger partial charge in [-0.15, -0.1) is 0 Å². The molecule has 0 radical (unpaired) electrons. The van der Waals surface area contributed by atoms with Crippen LogP contribution in [0.4, 0.5) is 0 Å². The quantitative estimate of drug-likeness (QED) is 0.254. The zero-order chi connectivity index (χ0) is 23.8. The monoisotopic (exact) mass is 467 g/mol. The number of hydrogen-bond acceptors (Lipinski definition) is 2. The molecule has 0 amide bonds. The maximum atomic E-state index is 6.76. The Kier molecular flexibility index (Phi) is 4.53. The molecule has 0 atom stereocenters. The Balaban J connectivity index is 1.87. The molecule has 0 bridgehead atoms. The van der Waals surface area contributed by atoms with Crippen molar-refractivity contribution in [2.75, 3.05) is 7.11 Å². The van der Waals surface area contributed by atoms with Gasteiger partial charge in [-0.25, -0.2) is 0 Å². The molecule has 2 aromatic heterocycles. The highest BCUT2D eigenvalue weighted by Crippen LogP contribution is 2.44. The fourth-order valence-electron chi connectivity index (χ4n) is 4.96. The number of nitrogens with zero attached hydrogens (tertiary/aromatic N) is 1. The van der Waals surface area contributed by atoms with Gasteiger partial charge in [-0.3, -0.25) is 4.57 Å². The molecule has 4 aromatic carbocycles. The van der Waals surface area contributed by atoms with Crippen LogP contribution in [0.25, 0.3) is 49.4 Å². The number of halogens is 1. The van der Waals surface area contributed by atoms with Crippen LogP contribution in [0, 0.1) is 6.92 Å². The molecule has 0 fully saturated rings. The lowest BCUT2D eigenvalue weighted by Gasteiger charge is -2.18. The Labute approximate surface area is 203 Å². The van der Waals surface area contributed by atoms with E-state index >= 15 is 0 Å². The van der Waals surface area contributed by atoms with E-state index in [-0.39, 0.29) is 5.41 Å². The standard InChI is InChI=1S/C30H26ClNO2/c1-17-6-11-23(31)25(14-17)32-24-12-8-18-7-10-20(33-5)16-21(18)27(24)28-22-15-19(30(2,3)4)9-13-26(22)34-29(28)32/h6-16H,1-5H3. The van der Waals surface area contributed by atoms with E-state index < -0.39 is 0 Å². The van der Waals surface area contributed by atoms with E-state index in [9.17, 15) is 0 Å². The third-order valence-electron chi connectivity index (χ3n) is 6.78. The average molecular weight is 468 g/mol. The van der Waals surface area contributed by atoms with Crippen LogP contribution < -0.4 is 4.74 Å². The van der Waals surface area contributed by atoms with Gasteiger partial charge in [0.1, 0.15) is 11.3 Å². The number of rotatable bonds is 2. The number of hydrogen-bond donors (Lipinski definition) is 0. The maximum absolute atomic E-state index is 6.76. The summed E-state index contributed by atoms with van der Waals surface area (Å²) in [6, 6.07) is 23.2. The molecule has 34 heavy (non-hydrogen) atoms. The van der Waals surface area contributed by atoms with Crippen LogP contribution in [-0.4, -0.2) is 11.7 Å². The van der Waals surface area contributed by atoms with Gasteiger partial charge in [0, 0.05) is 10.8 Å². The predicted molar refractivity (Wildman–Crippen MR) is 143 cm³/mol. The van der Waals surface area contributed by atoms with Gasteiger partial charge < -0.3 is 9.15 Å². The van der Waals surface area contributed by atoms with Crippen LogP contribution in [-0.2, 0) is 5.41 Å². The maximum Gasteiger partial charge on any atom is 0.213 e. The third-order valence-corrected chi connectivity index (χ3v) is 7.10. The van der Waals surface area contributed by atoms with E-state index in [1.165, 1.54) is 5.56 Å². The lowest BCUT2D eigenvalue weighted by molar-refractivity contribution is 0.415. The van der Waals surface area contributed by atoms with Crippen molar-refractivity contribution in [1.82, 2.24) is 4.57 Å². The number of aromatic nitrogens is 1. The Hall–Kier alpha value is -3.43. The Bertz CT molecular complexity index is 1750. The fourth-order valence-corrected chi connectivity index (χ4v) is 5.16. The summed E-state index contributed by atoms with van der Waals surface area (Å²) >= 11 is 6.76. The third kappa shape index (κ3) is 3.04. The summed E-state index contributed by atoms with van der Waals surface area (Å²) in [7, 11) is 1.71. The van der Waals surface area contributed by atoms with Gasteiger partial charge in [-0.05, 0) is 76.7 Å². The molecule has 4 heteroatoms. The Morgan fingerprint density at radius 3 is 2.41 bits per heavy atom. The van der Waals surface area contributed by atoms with E-state index in [1.54, 1.807) is 7.11 Å². The van der Waals surface area contributed by atoms with Gasteiger partial charge in [0.25, 0.3) is 0 Å². The molecule has 0 spiro atoms. The molecule has 0 aliphatic carbocycles. The lowest BCUT2D eigenvalue weighted by Crippen LogP contribution is -2.10. The van der Waals surface area contributed by atoms with Crippen molar-refractivity contribution in [1.29, 1.82) is 0 Å². The van der Waals surface area contributed by atoms with Gasteiger partial charge in [0.05, 0.1) is 28.7 Å². The highest BCUT2D eigenvalue weighted by molar-refractivity contribution is 6.33. The predicted octanol–water partition coefficient (Wildman–Crippen LogP) is 8.95. The average Bonchev–Trinajstić information content (AvgIpc) is 3.33. The van der Waals surface area contributed by atoms with E-state index in [0.29, 0.717) is 5.02 Å². The van der Waals surface area contributed by atoms with Gasteiger partial charge in [0.2, 0.25) is 5.71 Å². The summed E-state index contributed by atoms with van der Waals surface area (Å²) in [6.45, 7) is 8.79. The van der Waals surface area contributed by atoms with Gasteiger partial charge in [-0.2, -0.15) is 0 Å². The van der Waals surface area contributed by atoms with E-state index in [1.807, 2.05) is 18.2 Å². The SMILES string of the molecule is COc1ccc2ccc3c(c2c1)c1c2cc(C(C)(C)C)ccc2oc1n3-c1cc(C)ccc1Cl. The smallest absolute Gasteiger partial charge is 0.213 e. The normalized spacial score (nSPS) is 12.4. The minimum absolute atomic E-state index is 0.0291. The molecule has 0 saturated heterocycles. The van der Waals surface area contributed by atoms with Crippen LogP contribution in [0.3, 0.4) is 0 Å². The molecule has 3 nitrogen and oxygen atoms in total. The first-order valence-electron chi connectivity index (χ1n) is 11.5. The van der Waals surface area contributed by atoms with Gasteiger partial charge in [-0.1, -0.05) is 56.6 Å². The molecule has 0 aliphatic rings. The number of benzene rings is 4. The molecule has 0 unspecified atom stereocenters. The second-order valence-electron chi connectivity index (χ2n) is 10.1. The first-order valence-corrected chi connectivity index (χ1v) is 11.9. The van der Waals surface area contributed by atoms with Crippen molar-refractivity contribution < 1.29 is 9.15 Å². The lowest BCUT2D eigenvalue weighted by atomic mass is 9.86. The van der Waals surface area contributed by atoms with Crippen molar-refractivity contribution in [2.45, 2.75) is 33.1 Å². The van der Waals surface area contributed by atoms with Crippen molar-refractivity contribution >= 4 is 55.3 Å². The van der Waals surface area contributed by atoms with Crippen molar-refractivity contribution in [2.24, 2.45) is 0 Å². The second-order valence-corrected chi connectivity index (χ2v) is 10.5. The van der Waals surface area contributed by atoms with Crippen LogP contribution >= 0.6 is 11.6 Å². The summed E-state index contributed by atoms with van der Waals surface area (Å²) in [6.07, 6.45) is 0. The summed E-state index contributed by atoms with van der Waals surface area (Å²) in [5, 5.41) is 6.34. The van der Waals surface area contributed by atoms with Crippen LogP contribution in [0.5, 0.6) is 5.75 Å². The van der Waals surface area contributed by atoms with Crippen LogP contribution in [0.15, 0.2) is 71.1 Å². The van der Waals surface area contributed by atoms with Crippen LogP contribution in [0.2, 0.25) is 5.02 Å². The van der Waals surface area contributed by atoms with Gasteiger partial charge in [0.15, 0.2) is 0 Å². The number of methoxy groups -OCH3 is 1. The number of ether oxygens (including phenoxy) is 1. The summed E-state index contributed by atoms with van der Waals surface area (Å²) in [5.41, 5.74) is 6.10. The highest BCUT2D eigenvalue weighted by Gasteiger charge is 2.24. The molecule has 6 aromatic rings. The first kappa shape index (κ1) is 21.1. The molecule has 6 rings (SSSR count). The molecular formula is C30H26ClNO2. The van der Waals surface area contributed by atoms with Crippen LogP contribution in [0.1, 0.15) is 31.9 Å². The minimum atomic E-state index is 0.0291. The zero-order valence-electron chi connectivity index (χ0n) is 20.0. The fraction of sp³-hybridized carbons (Fsp3) is 0.200. The topological polar surface area (TPSA) is 27.3 Å². The van der Waals surface area contributed by atoms with E-state index in [2.05, 4.69) is 80.8 Å². The Morgan fingerprint density at radius 2 is 1.65 bits per heavy atom. The summed E-state index contributed by atoms with van der Waals surface area (Å²) in [4.78, 5) is 0. The molecule has 0 aliphatic heterocycles. The summed E-state index contributed by atoms with van der Waals surface area (Å²) in [5.74, 6) is 0.831. The Morgan fingerprint density at radius 1 is 0.853 bits per heavy atom.